The van der Waals surface area contributed by atoms with Crippen LogP contribution < -0.4 is 0 Å². The van der Waals surface area contributed by atoms with Gasteiger partial charge in [0.05, 0.1) is 0 Å². The lowest BCUT2D eigenvalue weighted by molar-refractivity contribution is 0.611. The Balaban J connectivity index is 2.06. The average molecular weight is 240 g/mol. The Morgan fingerprint density at radius 3 is 2.44 bits per heavy atom. The topological polar surface area (TPSA) is 0 Å². The summed E-state index contributed by atoms with van der Waals surface area (Å²) in [5.41, 5.74) is 1.08. The van der Waals surface area contributed by atoms with Crippen molar-refractivity contribution < 1.29 is 0 Å². The minimum atomic E-state index is 1.08. The van der Waals surface area contributed by atoms with E-state index in [4.69, 9.17) is 0 Å². The van der Waals surface area contributed by atoms with Gasteiger partial charge in [-0.25, -0.2) is 0 Å². The Hall–Kier alpha value is -1.48. The van der Waals surface area contributed by atoms with Crippen LogP contribution in [-0.4, -0.2) is 0 Å². The molecule has 0 heteroatoms. The van der Waals surface area contributed by atoms with Crippen LogP contribution in [0.5, 0.6) is 0 Å². The van der Waals surface area contributed by atoms with E-state index >= 15 is 0 Å². The Labute approximate surface area is 112 Å². The zero-order chi connectivity index (χ0) is 12.9. The third-order valence-corrected chi connectivity index (χ3v) is 2.92. The van der Waals surface area contributed by atoms with Crippen molar-refractivity contribution in [2.75, 3.05) is 0 Å². The zero-order valence-corrected chi connectivity index (χ0v) is 11.5. The van der Waals surface area contributed by atoms with Gasteiger partial charge in [-0.1, -0.05) is 75.1 Å². The van der Waals surface area contributed by atoms with E-state index in [2.05, 4.69) is 24.8 Å². The van der Waals surface area contributed by atoms with Crippen molar-refractivity contribution in [3.63, 3.8) is 0 Å². The molecule has 0 saturated heterocycles. The quantitative estimate of drug-likeness (QED) is 0.445. The molecule has 0 aliphatic heterocycles. The summed E-state index contributed by atoms with van der Waals surface area (Å²) in [6.45, 7) is 2.26. The molecule has 0 aromatic heterocycles. The normalized spacial score (nSPS) is 10.3. The van der Waals surface area contributed by atoms with Crippen LogP contribution in [0.15, 0.2) is 42.5 Å². The monoisotopic (exact) mass is 240 g/mol. The van der Waals surface area contributed by atoms with Crippen LogP contribution in [-0.2, 0) is 0 Å². The van der Waals surface area contributed by atoms with Crippen LogP contribution in [0.1, 0.15) is 57.4 Å². The van der Waals surface area contributed by atoms with Gasteiger partial charge in [0.15, 0.2) is 0 Å². The van der Waals surface area contributed by atoms with E-state index in [9.17, 15) is 0 Å². The van der Waals surface area contributed by atoms with Crippen LogP contribution >= 0.6 is 0 Å². The first-order valence-electron chi connectivity index (χ1n) is 7.15. The highest BCUT2D eigenvalue weighted by molar-refractivity contribution is 5.36. The second kappa shape index (κ2) is 10.7. The molecular formula is C18H24. The third kappa shape index (κ3) is 7.74. The molecule has 18 heavy (non-hydrogen) atoms. The van der Waals surface area contributed by atoms with Crippen molar-refractivity contribution in [3.8, 4) is 11.8 Å². The highest BCUT2D eigenvalue weighted by Crippen LogP contribution is 2.06. The number of benzene rings is 1. The lowest BCUT2D eigenvalue weighted by Crippen LogP contribution is -1.77. The van der Waals surface area contributed by atoms with Gasteiger partial charge in [-0.3, -0.25) is 0 Å². The molecule has 0 heterocycles. The van der Waals surface area contributed by atoms with Gasteiger partial charge in [-0.15, -0.1) is 0 Å². The molecule has 0 aliphatic carbocycles. The van der Waals surface area contributed by atoms with Crippen molar-refractivity contribution in [1.29, 1.82) is 0 Å². The highest BCUT2D eigenvalue weighted by atomic mass is 13.9. The number of allylic oxidation sites excluding steroid dienone is 2. The van der Waals surface area contributed by atoms with Gasteiger partial charge >= 0.3 is 0 Å². The summed E-state index contributed by atoms with van der Waals surface area (Å²) in [6, 6.07) is 10.1. The van der Waals surface area contributed by atoms with Crippen LogP contribution in [0.3, 0.4) is 0 Å². The van der Waals surface area contributed by atoms with E-state index in [1.165, 1.54) is 38.5 Å². The second-order valence-corrected chi connectivity index (χ2v) is 4.59. The van der Waals surface area contributed by atoms with Gasteiger partial charge in [-0.05, 0) is 31.1 Å². The summed E-state index contributed by atoms with van der Waals surface area (Å²) in [5, 5.41) is 0. The molecule has 0 atom stereocenters. The minimum absolute atomic E-state index is 1.08. The number of unbranched alkanes of at least 4 members (excludes halogenated alkanes) is 6. The summed E-state index contributed by atoms with van der Waals surface area (Å²) < 4.78 is 0. The minimum Gasteiger partial charge on any atom is -0.0761 e. The van der Waals surface area contributed by atoms with Crippen LogP contribution in [0.25, 0.3) is 0 Å². The molecule has 0 fully saturated rings. The lowest BCUT2D eigenvalue weighted by atomic mass is 10.1. The second-order valence-electron chi connectivity index (χ2n) is 4.59. The molecule has 0 nitrogen and oxygen atoms in total. The van der Waals surface area contributed by atoms with Gasteiger partial charge < -0.3 is 0 Å². The average Bonchev–Trinajstić information content (AvgIpc) is 2.42. The Kier molecular flexibility index (Phi) is 8.63. The van der Waals surface area contributed by atoms with Crippen LogP contribution in [0.2, 0.25) is 0 Å². The maximum Gasteiger partial charge on any atom is 0.0248 e. The molecule has 0 unspecified atom stereocenters. The van der Waals surface area contributed by atoms with Crippen molar-refractivity contribution >= 4 is 0 Å². The number of hydrogen-bond donors (Lipinski definition) is 0. The molecular weight excluding hydrogens is 216 g/mol. The van der Waals surface area contributed by atoms with Gasteiger partial charge in [0.25, 0.3) is 0 Å². The van der Waals surface area contributed by atoms with Gasteiger partial charge in [-0.2, -0.15) is 0 Å². The molecule has 0 aliphatic rings. The first-order valence-corrected chi connectivity index (χ1v) is 7.15. The fraction of sp³-hybridized carbons (Fsp3) is 0.444. The Morgan fingerprint density at radius 1 is 0.944 bits per heavy atom. The molecule has 0 amide bonds. The molecule has 1 aromatic rings. The molecule has 96 valence electrons. The molecule has 0 spiro atoms. The summed E-state index contributed by atoms with van der Waals surface area (Å²) in [5.74, 6) is 6.21. The van der Waals surface area contributed by atoms with Crippen molar-refractivity contribution in [1.82, 2.24) is 0 Å². The molecule has 0 radical (unpaired) electrons. The molecule has 0 bridgehead atoms. The van der Waals surface area contributed by atoms with E-state index in [1.807, 2.05) is 36.4 Å². The SMILES string of the molecule is CCCCCCCC/C=C\C#Cc1ccccc1. The van der Waals surface area contributed by atoms with Crippen LogP contribution in [0, 0.1) is 11.8 Å². The van der Waals surface area contributed by atoms with E-state index in [-0.39, 0.29) is 0 Å². The van der Waals surface area contributed by atoms with Gasteiger partial charge in [0.1, 0.15) is 0 Å². The summed E-state index contributed by atoms with van der Waals surface area (Å²) in [7, 11) is 0. The summed E-state index contributed by atoms with van der Waals surface area (Å²) in [6.07, 6.45) is 13.5. The van der Waals surface area contributed by atoms with E-state index in [0.717, 1.165) is 12.0 Å². The molecule has 1 aromatic carbocycles. The summed E-state index contributed by atoms with van der Waals surface area (Å²) >= 11 is 0. The lowest BCUT2D eigenvalue weighted by Gasteiger charge is -1.96. The Bertz CT molecular complexity index is 375. The maximum absolute atomic E-state index is 3.13. The highest BCUT2D eigenvalue weighted by Gasteiger charge is 1.87. The Morgan fingerprint density at radius 2 is 1.67 bits per heavy atom. The standard InChI is InChI=1S/C18H24/c1-2-3-4-5-6-7-8-9-10-12-15-18-16-13-11-14-17-18/h9-11,13-14,16-17H,2-8H2,1H3/b10-9-. The van der Waals surface area contributed by atoms with Gasteiger partial charge in [0, 0.05) is 5.56 Å². The van der Waals surface area contributed by atoms with Gasteiger partial charge in [0.2, 0.25) is 0 Å². The number of rotatable bonds is 7. The molecule has 0 N–H and O–H groups in total. The van der Waals surface area contributed by atoms with Crippen molar-refractivity contribution in [2.45, 2.75) is 51.9 Å². The van der Waals surface area contributed by atoms with E-state index in [0.29, 0.717) is 0 Å². The molecule has 0 saturated carbocycles. The van der Waals surface area contributed by atoms with E-state index < -0.39 is 0 Å². The largest absolute Gasteiger partial charge is 0.0761 e. The predicted octanol–water partition coefficient (Wildman–Crippen LogP) is 5.34. The number of hydrogen-bond acceptors (Lipinski definition) is 0. The first kappa shape index (κ1) is 14.6. The first-order chi connectivity index (χ1) is 8.93. The van der Waals surface area contributed by atoms with Crippen LogP contribution in [0.4, 0.5) is 0 Å². The molecule has 1 rings (SSSR count). The van der Waals surface area contributed by atoms with E-state index in [1.54, 1.807) is 0 Å². The summed E-state index contributed by atoms with van der Waals surface area (Å²) in [4.78, 5) is 0. The fourth-order valence-electron chi connectivity index (χ4n) is 1.83. The predicted molar refractivity (Wildman–Crippen MR) is 80.5 cm³/mol. The zero-order valence-electron chi connectivity index (χ0n) is 11.5. The fourth-order valence-corrected chi connectivity index (χ4v) is 1.83. The van der Waals surface area contributed by atoms with Crippen molar-refractivity contribution in [3.05, 3.63) is 48.0 Å². The van der Waals surface area contributed by atoms with Crippen molar-refractivity contribution in [2.24, 2.45) is 0 Å². The third-order valence-electron chi connectivity index (χ3n) is 2.92. The maximum atomic E-state index is 3.13. The smallest absolute Gasteiger partial charge is 0.0248 e.